The second-order valence-corrected chi connectivity index (χ2v) is 4.41. The van der Waals surface area contributed by atoms with E-state index in [1.807, 2.05) is 13.0 Å². The first-order valence-corrected chi connectivity index (χ1v) is 5.82. The van der Waals surface area contributed by atoms with Crippen molar-refractivity contribution in [3.8, 4) is 0 Å². The number of rotatable bonds is 3. The Bertz CT molecular complexity index is 541. The van der Waals surface area contributed by atoms with Gasteiger partial charge in [0.05, 0.1) is 0 Å². The average molecular weight is 245 g/mol. The van der Waals surface area contributed by atoms with Crippen molar-refractivity contribution in [1.29, 1.82) is 0 Å². The van der Waals surface area contributed by atoms with Gasteiger partial charge in [-0.05, 0) is 24.6 Å². The molecule has 3 heteroatoms. The average Bonchev–Trinajstić information content (AvgIpc) is 2.41. The zero-order valence-electron chi connectivity index (χ0n) is 10.2. The Morgan fingerprint density at radius 2 is 1.83 bits per heavy atom. The monoisotopic (exact) mass is 245 g/mol. The summed E-state index contributed by atoms with van der Waals surface area (Å²) in [5, 5.41) is 10.7. The van der Waals surface area contributed by atoms with E-state index in [2.05, 4.69) is 0 Å². The summed E-state index contributed by atoms with van der Waals surface area (Å²) in [6.07, 6.45) is 0. The lowest BCUT2D eigenvalue weighted by atomic mass is 9.85. The largest absolute Gasteiger partial charge is 0.379 e. The molecule has 0 spiro atoms. The topological polar surface area (TPSA) is 46.2 Å². The highest BCUT2D eigenvalue weighted by molar-refractivity contribution is 5.39. The number of aliphatic hydroxyl groups is 1. The van der Waals surface area contributed by atoms with Gasteiger partial charge in [-0.2, -0.15) is 0 Å². The molecule has 18 heavy (non-hydrogen) atoms. The molecule has 0 saturated carbocycles. The van der Waals surface area contributed by atoms with Gasteiger partial charge in [-0.3, -0.25) is 0 Å². The van der Waals surface area contributed by atoms with Gasteiger partial charge in [-0.25, -0.2) is 4.39 Å². The standard InChI is InChI=1S/C15H16FNO/c1-11-7-8-14(16)13(9-11)15(18,10-17)12-5-3-2-4-6-12/h2-9,18H,10,17H2,1H3. The molecule has 0 radical (unpaired) electrons. The lowest BCUT2D eigenvalue weighted by Crippen LogP contribution is -2.37. The van der Waals surface area contributed by atoms with Crippen LogP contribution in [0, 0.1) is 12.7 Å². The van der Waals surface area contributed by atoms with Crippen LogP contribution < -0.4 is 5.73 Å². The van der Waals surface area contributed by atoms with Crippen molar-refractivity contribution in [1.82, 2.24) is 0 Å². The third-order valence-electron chi connectivity index (χ3n) is 3.11. The summed E-state index contributed by atoms with van der Waals surface area (Å²) in [5.74, 6) is -0.447. The fraction of sp³-hybridized carbons (Fsp3) is 0.200. The minimum Gasteiger partial charge on any atom is -0.379 e. The Morgan fingerprint density at radius 1 is 1.17 bits per heavy atom. The molecular weight excluding hydrogens is 229 g/mol. The molecule has 2 nitrogen and oxygen atoms in total. The SMILES string of the molecule is Cc1ccc(F)c(C(O)(CN)c2ccccc2)c1. The summed E-state index contributed by atoms with van der Waals surface area (Å²) in [6, 6.07) is 13.6. The van der Waals surface area contributed by atoms with Crippen LogP contribution in [0.25, 0.3) is 0 Å². The molecule has 2 rings (SSSR count). The lowest BCUT2D eigenvalue weighted by Gasteiger charge is -2.28. The van der Waals surface area contributed by atoms with Gasteiger partial charge < -0.3 is 10.8 Å². The fourth-order valence-electron chi connectivity index (χ4n) is 2.05. The summed E-state index contributed by atoms with van der Waals surface area (Å²) in [7, 11) is 0. The van der Waals surface area contributed by atoms with Crippen molar-refractivity contribution < 1.29 is 9.50 Å². The van der Waals surface area contributed by atoms with Crippen molar-refractivity contribution >= 4 is 0 Å². The van der Waals surface area contributed by atoms with Crippen LogP contribution in [0.1, 0.15) is 16.7 Å². The van der Waals surface area contributed by atoms with Gasteiger partial charge in [-0.15, -0.1) is 0 Å². The molecule has 3 N–H and O–H groups in total. The van der Waals surface area contributed by atoms with E-state index in [1.54, 1.807) is 36.4 Å². The van der Waals surface area contributed by atoms with Gasteiger partial charge in [-0.1, -0.05) is 42.0 Å². The number of hydrogen-bond donors (Lipinski definition) is 2. The molecule has 1 unspecified atom stereocenters. The van der Waals surface area contributed by atoms with E-state index < -0.39 is 11.4 Å². The van der Waals surface area contributed by atoms with Gasteiger partial charge in [0.25, 0.3) is 0 Å². The minimum atomic E-state index is -1.49. The second-order valence-electron chi connectivity index (χ2n) is 4.41. The zero-order valence-corrected chi connectivity index (χ0v) is 10.2. The molecule has 0 heterocycles. The van der Waals surface area contributed by atoms with Crippen LogP contribution in [0.2, 0.25) is 0 Å². The van der Waals surface area contributed by atoms with E-state index in [0.717, 1.165) is 5.56 Å². The molecule has 0 amide bonds. The number of halogens is 1. The molecule has 2 aromatic rings. The maximum atomic E-state index is 13.9. The van der Waals surface area contributed by atoms with E-state index in [-0.39, 0.29) is 12.1 Å². The van der Waals surface area contributed by atoms with E-state index in [1.165, 1.54) is 6.07 Å². The van der Waals surface area contributed by atoms with Crippen molar-refractivity contribution in [2.24, 2.45) is 5.73 Å². The summed E-state index contributed by atoms with van der Waals surface area (Å²) in [6.45, 7) is 1.78. The highest BCUT2D eigenvalue weighted by atomic mass is 19.1. The Labute approximate surface area is 106 Å². The van der Waals surface area contributed by atoms with Crippen LogP contribution in [0.5, 0.6) is 0 Å². The molecule has 0 aliphatic heterocycles. The first-order valence-electron chi connectivity index (χ1n) is 5.82. The van der Waals surface area contributed by atoms with E-state index in [9.17, 15) is 9.50 Å². The fourth-order valence-corrected chi connectivity index (χ4v) is 2.05. The molecule has 0 aromatic heterocycles. The highest BCUT2D eigenvalue weighted by Crippen LogP contribution is 2.30. The van der Waals surface area contributed by atoms with Gasteiger partial charge in [0, 0.05) is 12.1 Å². The van der Waals surface area contributed by atoms with Crippen LogP contribution in [0.4, 0.5) is 4.39 Å². The molecular formula is C15H16FNO. The van der Waals surface area contributed by atoms with Gasteiger partial charge >= 0.3 is 0 Å². The van der Waals surface area contributed by atoms with Crippen LogP contribution in [0.15, 0.2) is 48.5 Å². The van der Waals surface area contributed by atoms with Gasteiger partial charge in [0.1, 0.15) is 11.4 Å². The van der Waals surface area contributed by atoms with Crippen molar-refractivity contribution in [2.45, 2.75) is 12.5 Å². The maximum absolute atomic E-state index is 13.9. The van der Waals surface area contributed by atoms with Crippen LogP contribution in [0.3, 0.4) is 0 Å². The number of aryl methyl sites for hydroxylation is 1. The first-order chi connectivity index (χ1) is 8.58. The van der Waals surface area contributed by atoms with E-state index in [4.69, 9.17) is 5.73 Å². The molecule has 2 aromatic carbocycles. The Morgan fingerprint density at radius 3 is 2.44 bits per heavy atom. The molecule has 0 bridgehead atoms. The van der Waals surface area contributed by atoms with Crippen LogP contribution in [-0.4, -0.2) is 11.7 Å². The van der Waals surface area contributed by atoms with Crippen LogP contribution in [-0.2, 0) is 5.60 Å². The molecule has 0 saturated heterocycles. The van der Waals surface area contributed by atoms with Crippen LogP contribution >= 0.6 is 0 Å². The Hall–Kier alpha value is -1.71. The third-order valence-corrected chi connectivity index (χ3v) is 3.11. The van der Waals surface area contributed by atoms with Crippen molar-refractivity contribution in [2.75, 3.05) is 6.54 Å². The summed E-state index contributed by atoms with van der Waals surface area (Å²) >= 11 is 0. The van der Waals surface area contributed by atoms with Gasteiger partial charge in [0.2, 0.25) is 0 Å². The third kappa shape index (κ3) is 2.15. The Balaban J connectivity index is 2.60. The smallest absolute Gasteiger partial charge is 0.130 e. The minimum absolute atomic E-state index is 0.0720. The first kappa shape index (κ1) is 12.7. The molecule has 0 aliphatic rings. The predicted molar refractivity (Wildman–Crippen MR) is 69.6 cm³/mol. The Kier molecular flexibility index (Phi) is 3.45. The van der Waals surface area contributed by atoms with E-state index >= 15 is 0 Å². The molecule has 0 aliphatic carbocycles. The second kappa shape index (κ2) is 4.88. The lowest BCUT2D eigenvalue weighted by molar-refractivity contribution is 0.0861. The normalized spacial score (nSPS) is 14.2. The van der Waals surface area contributed by atoms with Crippen molar-refractivity contribution in [3.05, 3.63) is 71.0 Å². The molecule has 94 valence electrons. The number of hydrogen-bond acceptors (Lipinski definition) is 2. The van der Waals surface area contributed by atoms with Gasteiger partial charge in [0.15, 0.2) is 0 Å². The number of benzene rings is 2. The molecule has 0 fully saturated rings. The predicted octanol–water partition coefficient (Wildman–Crippen LogP) is 2.33. The van der Waals surface area contributed by atoms with E-state index in [0.29, 0.717) is 5.56 Å². The maximum Gasteiger partial charge on any atom is 0.130 e. The summed E-state index contributed by atoms with van der Waals surface area (Å²) in [5.41, 5.74) is 5.88. The summed E-state index contributed by atoms with van der Waals surface area (Å²) < 4.78 is 13.9. The zero-order chi connectivity index (χ0) is 13.2. The molecule has 1 atom stereocenters. The highest BCUT2D eigenvalue weighted by Gasteiger charge is 2.32. The number of nitrogens with two attached hydrogens (primary N) is 1. The summed E-state index contributed by atoms with van der Waals surface area (Å²) in [4.78, 5) is 0. The van der Waals surface area contributed by atoms with Crippen molar-refractivity contribution in [3.63, 3.8) is 0 Å². The quantitative estimate of drug-likeness (QED) is 0.871.